The van der Waals surface area contributed by atoms with Gasteiger partial charge in [-0.1, -0.05) is 18.2 Å². The molecule has 6 nitrogen and oxygen atoms in total. The number of fused-ring (bicyclic) bond motifs is 2. The van der Waals surface area contributed by atoms with Crippen molar-refractivity contribution in [3.63, 3.8) is 0 Å². The van der Waals surface area contributed by atoms with E-state index in [9.17, 15) is 23.1 Å². The molecule has 2 aliphatic rings. The SMILES string of the molecule is CC(C)(O)CCOc1ccc(-c2c(C(F)(F)F)cc(F)c3c2CCC3Oc2ccc3c(c2)OCC3CC(=O)O)cc1. The molecule has 0 saturated carbocycles. The lowest BCUT2D eigenvalue weighted by atomic mass is 9.91. The third kappa shape index (κ3) is 6.27. The van der Waals surface area contributed by atoms with Crippen molar-refractivity contribution < 1.29 is 46.8 Å². The minimum absolute atomic E-state index is 0.0767. The molecule has 0 amide bonds. The smallest absolute Gasteiger partial charge is 0.417 e. The number of aliphatic carboxylic acids is 1. The third-order valence-electron chi connectivity index (χ3n) is 7.40. The Morgan fingerprint density at radius 2 is 1.78 bits per heavy atom. The van der Waals surface area contributed by atoms with Gasteiger partial charge in [-0.3, -0.25) is 4.79 Å². The normalized spacial score (nSPS) is 18.0. The van der Waals surface area contributed by atoms with Crippen LogP contribution in [0.2, 0.25) is 0 Å². The summed E-state index contributed by atoms with van der Waals surface area (Å²) in [5.74, 6) is -0.939. The Bertz CT molecular complexity index is 1440. The molecule has 5 rings (SSSR count). The highest BCUT2D eigenvalue weighted by Crippen LogP contribution is 2.48. The molecule has 0 aromatic heterocycles. The monoisotopic (exact) mass is 574 g/mol. The third-order valence-corrected chi connectivity index (χ3v) is 7.40. The summed E-state index contributed by atoms with van der Waals surface area (Å²) in [7, 11) is 0. The maximum absolute atomic E-state index is 15.3. The number of hydrogen-bond acceptors (Lipinski definition) is 5. The van der Waals surface area contributed by atoms with Crippen molar-refractivity contribution >= 4 is 5.97 Å². The van der Waals surface area contributed by atoms with E-state index in [1.807, 2.05) is 0 Å². The predicted molar refractivity (Wildman–Crippen MR) is 142 cm³/mol. The van der Waals surface area contributed by atoms with Crippen LogP contribution in [0.25, 0.3) is 11.1 Å². The summed E-state index contributed by atoms with van der Waals surface area (Å²) in [6.45, 7) is 3.76. The Morgan fingerprint density at radius 3 is 2.44 bits per heavy atom. The zero-order valence-electron chi connectivity index (χ0n) is 22.6. The second-order valence-electron chi connectivity index (χ2n) is 11.1. The Kier molecular flexibility index (Phi) is 7.63. The maximum Gasteiger partial charge on any atom is 0.417 e. The van der Waals surface area contributed by atoms with Crippen LogP contribution in [-0.2, 0) is 17.4 Å². The summed E-state index contributed by atoms with van der Waals surface area (Å²) in [4.78, 5) is 11.1. The number of hydrogen-bond donors (Lipinski definition) is 2. The van der Waals surface area contributed by atoms with Crippen LogP contribution in [0.15, 0.2) is 48.5 Å². The van der Waals surface area contributed by atoms with Crippen LogP contribution in [0.3, 0.4) is 0 Å². The van der Waals surface area contributed by atoms with Gasteiger partial charge in [0.05, 0.1) is 30.8 Å². The lowest BCUT2D eigenvalue weighted by Gasteiger charge is -2.21. The van der Waals surface area contributed by atoms with Gasteiger partial charge in [0.2, 0.25) is 0 Å². The van der Waals surface area contributed by atoms with Crippen molar-refractivity contribution in [1.82, 2.24) is 0 Å². The van der Waals surface area contributed by atoms with Crippen LogP contribution in [0.4, 0.5) is 17.6 Å². The summed E-state index contributed by atoms with van der Waals surface area (Å²) in [6.07, 6.45) is -4.84. The van der Waals surface area contributed by atoms with Gasteiger partial charge in [0.25, 0.3) is 0 Å². The molecule has 1 aliphatic heterocycles. The topological polar surface area (TPSA) is 85.2 Å². The van der Waals surface area contributed by atoms with Crippen LogP contribution in [0, 0.1) is 5.82 Å². The number of carboxylic acid groups (broad SMARTS) is 1. The molecule has 2 unspecified atom stereocenters. The maximum atomic E-state index is 15.3. The molecule has 2 N–H and O–H groups in total. The molecular weight excluding hydrogens is 544 g/mol. The van der Waals surface area contributed by atoms with Crippen molar-refractivity contribution in [2.75, 3.05) is 13.2 Å². The second kappa shape index (κ2) is 10.9. The average Bonchev–Trinajstić information content (AvgIpc) is 3.47. The number of carbonyl (C=O) groups is 1. The first-order valence-corrected chi connectivity index (χ1v) is 13.3. The molecule has 0 radical (unpaired) electrons. The Labute approximate surface area is 234 Å². The fraction of sp³-hybridized carbons (Fsp3) is 0.387. The van der Waals surface area contributed by atoms with Crippen molar-refractivity contribution in [2.45, 2.75) is 63.3 Å². The number of halogens is 4. The van der Waals surface area contributed by atoms with Crippen LogP contribution in [-0.4, -0.2) is 35.0 Å². The molecule has 1 aliphatic carbocycles. The van der Waals surface area contributed by atoms with E-state index in [1.165, 1.54) is 12.1 Å². The Morgan fingerprint density at radius 1 is 1.07 bits per heavy atom. The van der Waals surface area contributed by atoms with Gasteiger partial charge in [-0.15, -0.1) is 0 Å². The molecule has 2 atom stereocenters. The minimum Gasteiger partial charge on any atom is -0.493 e. The zero-order chi connectivity index (χ0) is 29.5. The fourth-order valence-electron chi connectivity index (χ4n) is 5.43. The number of aliphatic hydroxyl groups is 1. The molecule has 41 heavy (non-hydrogen) atoms. The summed E-state index contributed by atoms with van der Waals surface area (Å²) in [6, 6.07) is 11.6. The first kappa shape index (κ1) is 28.7. The van der Waals surface area contributed by atoms with Crippen LogP contribution < -0.4 is 14.2 Å². The van der Waals surface area contributed by atoms with E-state index < -0.39 is 35.2 Å². The highest BCUT2D eigenvalue weighted by molar-refractivity contribution is 5.75. The summed E-state index contributed by atoms with van der Waals surface area (Å²) < 4.78 is 75.0. The van der Waals surface area contributed by atoms with E-state index in [1.54, 1.807) is 44.2 Å². The van der Waals surface area contributed by atoms with Gasteiger partial charge >= 0.3 is 12.1 Å². The Hall–Kier alpha value is -3.79. The van der Waals surface area contributed by atoms with Gasteiger partial charge in [-0.2, -0.15) is 13.2 Å². The second-order valence-corrected chi connectivity index (χ2v) is 11.1. The summed E-state index contributed by atoms with van der Waals surface area (Å²) in [5, 5.41) is 19.0. The fourth-order valence-corrected chi connectivity index (χ4v) is 5.43. The molecule has 0 fully saturated rings. The van der Waals surface area contributed by atoms with Gasteiger partial charge in [0.15, 0.2) is 0 Å². The first-order valence-electron chi connectivity index (χ1n) is 13.3. The molecule has 0 bridgehead atoms. The van der Waals surface area contributed by atoms with Gasteiger partial charge in [0, 0.05) is 29.5 Å². The molecule has 218 valence electrons. The summed E-state index contributed by atoms with van der Waals surface area (Å²) >= 11 is 0. The van der Waals surface area contributed by atoms with Crippen molar-refractivity contribution in [1.29, 1.82) is 0 Å². The first-order chi connectivity index (χ1) is 19.3. The average molecular weight is 575 g/mol. The molecule has 0 saturated heterocycles. The number of alkyl halides is 3. The van der Waals surface area contributed by atoms with E-state index in [2.05, 4.69) is 0 Å². The molecule has 10 heteroatoms. The van der Waals surface area contributed by atoms with Crippen molar-refractivity contribution in [3.8, 4) is 28.4 Å². The molecule has 3 aromatic carbocycles. The minimum atomic E-state index is -4.78. The van der Waals surface area contributed by atoms with E-state index in [-0.39, 0.29) is 60.6 Å². The lowest BCUT2D eigenvalue weighted by Crippen LogP contribution is -2.21. The quantitative estimate of drug-likeness (QED) is 0.266. The van der Waals surface area contributed by atoms with E-state index >= 15 is 4.39 Å². The number of ether oxygens (including phenoxy) is 3. The molecular formula is C31H30F4O6. The largest absolute Gasteiger partial charge is 0.493 e. The zero-order valence-corrected chi connectivity index (χ0v) is 22.6. The summed E-state index contributed by atoms with van der Waals surface area (Å²) in [5.41, 5.74) is -0.704. The van der Waals surface area contributed by atoms with Crippen LogP contribution >= 0.6 is 0 Å². The predicted octanol–water partition coefficient (Wildman–Crippen LogP) is 7.07. The highest BCUT2D eigenvalue weighted by Gasteiger charge is 2.40. The van der Waals surface area contributed by atoms with Gasteiger partial charge in [0.1, 0.15) is 29.2 Å². The number of rotatable bonds is 9. The van der Waals surface area contributed by atoms with Crippen molar-refractivity contribution in [2.24, 2.45) is 0 Å². The number of benzene rings is 3. The number of carboxylic acids is 1. The van der Waals surface area contributed by atoms with Crippen LogP contribution in [0.5, 0.6) is 17.2 Å². The van der Waals surface area contributed by atoms with E-state index in [0.29, 0.717) is 29.7 Å². The van der Waals surface area contributed by atoms with Crippen molar-refractivity contribution in [3.05, 3.63) is 76.6 Å². The van der Waals surface area contributed by atoms with Gasteiger partial charge in [-0.05, 0) is 67.6 Å². The van der Waals surface area contributed by atoms with Gasteiger partial charge in [-0.25, -0.2) is 4.39 Å². The van der Waals surface area contributed by atoms with Crippen LogP contribution in [0.1, 0.15) is 67.4 Å². The lowest BCUT2D eigenvalue weighted by molar-refractivity contribution is -0.138. The standard InChI is InChI=1S/C31H30F4O6/c1-30(2,38)11-12-39-19-5-3-17(4-6-19)28-22-9-10-25(29(22)24(32)15-23(28)31(33,34)35)41-20-7-8-21-18(13-27(36)37)16-40-26(21)14-20/h3-8,14-15,18,25,38H,9-13,16H2,1-2H3,(H,36,37). The van der Waals surface area contributed by atoms with E-state index in [4.69, 9.17) is 19.3 Å². The van der Waals surface area contributed by atoms with Gasteiger partial charge < -0.3 is 24.4 Å². The molecule has 1 heterocycles. The molecule has 3 aromatic rings. The highest BCUT2D eigenvalue weighted by atomic mass is 19.4. The molecule has 0 spiro atoms. The van der Waals surface area contributed by atoms with E-state index in [0.717, 1.165) is 5.56 Å². The Balaban J connectivity index is 1.43.